The molecule has 0 saturated heterocycles. The number of hydrogen-bond donors (Lipinski definition) is 1. The lowest BCUT2D eigenvalue weighted by Gasteiger charge is -2.22. The molecule has 0 atom stereocenters. The van der Waals surface area contributed by atoms with Crippen LogP contribution in [0.3, 0.4) is 0 Å². The van der Waals surface area contributed by atoms with Gasteiger partial charge in [0, 0.05) is 13.5 Å². The summed E-state index contributed by atoms with van der Waals surface area (Å²) < 4.78 is 24.5. The molecule has 0 spiro atoms. The van der Waals surface area contributed by atoms with Crippen LogP contribution in [0.5, 0.6) is 0 Å². The molecule has 0 aliphatic rings. The zero-order valence-electron chi connectivity index (χ0n) is 9.88. The highest BCUT2D eigenvalue weighted by Gasteiger charge is 2.16. The van der Waals surface area contributed by atoms with Crippen LogP contribution in [0.15, 0.2) is 30.3 Å². The van der Waals surface area contributed by atoms with Crippen molar-refractivity contribution in [2.24, 2.45) is 0 Å². The maximum absolute atomic E-state index is 11.6. The normalized spacial score (nSPS) is 10.9. The van der Waals surface area contributed by atoms with E-state index in [1.54, 1.807) is 24.3 Å². The topological polar surface area (TPSA) is 66.5 Å². The zero-order chi connectivity index (χ0) is 12.9. The molecular weight excluding hydrogens is 240 g/mol. The Hall–Kier alpha value is -1.56. The van der Waals surface area contributed by atoms with Crippen LogP contribution in [0.2, 0.25) is 0 Å². The number of benzene rings is 1. The van der Waals surface area contributed by atoms with Gasteiger partial charge in [-0.05, 0) is 12.1 Å². The predicted molar refractivity (Wildman–Crippen MR) is 67.3 cm³/mol. The number of carbonyl (C=O) groups is 1. The summed E-state index contributed by atoms with van der Waals surface area (Å²) in [5, 5.41) is 2.57. The third kappa shape index (κ3) is 4.44. The van der Waals surface area contributed by atoms with Crippen molar-refractivity contribution < 1.29 is 13.2 Å². The van der Waals surface area contributed by atoms with E-state index < -0.39 is 10.0 Å². The van der Waals surface area contributed by atoms with E-state index in [1.807, 2.05) is 6.07 Å². The minimum Gasteiger partial charge on any atom is -0.355 e. The van der Waals surface area contributed by atoms with Gasteiger partial charge in [0.2, 0.25) is 15.9 Å². The second kappa shape index (κ2) is 5.67. The van der Waals surface area contributed by atoms with Gasteiger partial charge in [-0.1, -0.05) is 18.2 Å². The summed E-state index contributed by atoms with van der Waals surface area (Å²) in [6.07, 6.45) is 1.15. The Morgan fingerprint density at radius 3 is 2.35 bits per heavy atom. The molecule has 0 saturated carbocycles. The van der Waals surface area contributed by atoms with Crippen molar-refractivity contribution in [3.63, 3.8) is 0 Å². The lowest BCUT2D eigenvalue weighted by atomic mass is 10.3. The van der Waals surface area contributed by atoms with Gasteiger partial charge in [-0.2, -0.15) is 0 Å². The van der Waals surface area contributed by atoms with Gasteiger partial charge < -0.3 is 5.32 Å². The van der Waals surface area contributed by atoms with Crippen LogP contribution in [0.1, 0.15) is 6.92 Å². The summed E-state index contributed by atoms with van der Waals surface area (Å²) in [5.74, 6) is -0.175. The van der Waals surface area contributed by atoms with Crippen LogP contribution in [0.4, 0.5) is 5.69 Å². The number of anilines is 1. The van der Waals surface area contributed by atoms with Crippen molar-refractivity contribution in [1.82, 2.24) is 5.32 Å². The third-order valence-corrected chi connectivity index (χ3v) is 3.33. The molecule has 1 N–H and O–H groups in total. The Kier molecular flexibility index (Phi) is 4.51. The molecule has 5 nitrogen and oxygen atoms in total. The molecule has 0 aliphatic carbocycles. The third-order valence-electron chi connectivity index (χ3n) is 2.13. The number of sulfonamides is 1. The maximum atomic E-state index is 11.6. The summed E-state index contributed by atoms with van der Waals surface area (Å²) in [7, 11) is -3.33. The van der Waals surface area contributed by atoms with Crippen LogP contribution >= 0.6 is 0 Å². The van der Waals surface area contributed by atoms with Crippen LogP contribution in [-0.2, 0) is 14.8 Å². The number of hydrogen-bond acceptors (Lipinski definition) is 3. The number of para-hydroxylation sites is 1. The lowest BCUT2D eigenvalue weighted by Crippen LogP contribution is -2.37. The fourth-order valence-electron chi connectivity index (χ4n) is 1.41. The second-order valence-corrected chi connectivity index (χ2v) is 5.56. The summed E-state index contributed by atoms with van der Waals surface area (Å²) in [6.45, 7) is 1.91. The predicted octanol–water partition coefficient (Wildman–Crippen LogP) is 0.589. The van der Waals surface area contributed by atoms with Gasteiger partial charge in [0.05, 0.1) is 18.5 Å². The molecule has 1 aromatic rings. The molecule has 17 heavy (non-hydrogen) atoms. The zero-order valence-corrected chi connectivity index (χ0v) is 10.7. The Morgan fingerprint density at radius 2 is 1.88 bits per heavy atom. The molecule has 0 unspecified atom stereocenters. The lowest BCUT2D eigenvalue weighted by molar-refractivity contribution is -0.118. The highest BCUT2D eigenvalue weighted by Crippen LogP contribution is 2.15. The SMILES string of the molecule is CC(=O)NCCN(c1ccccc1)S(C)(=O)=O. The van der Waals surface area contributed by atoms with Crippen molar-refractivity contribution >= 4 is 21.6 Å². The van der Waals surface area contributed by atoms with Gasteiger partial charge >= 0.3 is 0 Å². The Labute approximate surface area is 101 Å². The standard InChI is InChI=1S/C11H16N2O3S/c1-10(14)12-8-9-13(17(2,15)16)11-6-4-3-5-7-11/h3-7H,8-9H2,1-2H3,(H,12,14). The van der Waals surface area contributed by atoms with Crippen molar-refractivity contribution in [2.75, 3.05) is 23.7 Å². The van der Waals surface area contributed by atoms with Crippen molar-refractivity contribution in [3.8, 4) is 0 Å². The minimum atomic E-state index is -3.33. The van der Waals surface area contributed by atoms with E-state index >= 15 is 0 Å². The smallest absolute Gasteiger partial charge is 0.232 e. The largest absolute Gasteiger partial charge is 0.355 e. The summed E-state index contributed by atoms with van der Waals surface area (Å²) in [4.78, 5) is 10.7. The van der Waals surface area contributed by atoms with Crippen molar-refractivity contribution in [2.45, 2.75) is 6.92 Å². The van der Waals surface area contributed by atoms with Crippen molar-refractivity contribution in [3.05, 3.63) is 30.3 Å². The molecule has 1 amide bonds. The highest BCUT2D eigenvalue weighted by molar-refractivity contribution is 7.92. The second-order valence-electron chi connectivity index (χ2n) is 3.65. The first-order valence-electron chi connectivity index (χ1n) is 5.18. The monoisotopic (exact) mass is 256 g/mol. The average molecular weight is 256 g/mol. The Bertz CT molecular complexity index is 471. The number of rotatable bonds is 5. The molecule has 0 aromatic heterocycles. The number of amides is 1. The summed E-state index contributed by atoms with van der Waals surface area (Å²) in [6, 6.07) is 8.79. The fraction of sp³-hybridized carbons (Fsp3) is 0.364. The van der Waals surface area contributed by atoms with Crippen LogP contribution in [-0.4, -0.2) is 33.7 Å². The Morgan fingerprint density at radius 1 is 1.29 bits per heavy atom. The molecule has 0 aliphatic heterocycles. The summed E-state index contributed by atoms with van der Waals surface area (Å²) >= 11 is 0. The molecular formula is C11H16N2O3S. The molecule has 94 valence electrons. The van der Waals surface area contributed by atoms with Gasteiger partial charge in [0.1, 0.15) is 0 Å². The number of carbonyl (C=O) groups excluding carboxylic acids is 1. The number of nitrogens with one attached hydrogen (secondary N) is 1. The summed E-state index contributed by atoms with van der Waals surface area (Å²) in [5.41, 5.74) is 0.598. The Balaban J connectivity index is 2.80. The van der Waals surface area contributed by atoms with Crippen molar-refractivity contribution in [1.29, 1.82) is 0 Å². The molecule has 1 aromatic carbocycles. The molecule has 1 rings (SSSR count). The fourth-order valence-corrected chi connectivity index (χ4v) is 2.34. The van der Waals surface area contributed by atoms with E-state index in [0.29, 0.717) is 5.69 Å². The van der Waals surface area contributed by atoms with Crippen LogP contribution < -0.4 is 9.62 Å². The van der Waals surface area contributed by atoms with E-state index in [1.165, 1.54) is 11.2 Å². The quantitative estimate of drug-likeness (QED) is 0.838. The van der Waals surface area contributed by atoms with Gasteiger partial charge in [0.25, 0.3) is 0 Å². The van der Waals surface area contributed by atoms with E-state index in [0.717, 1.165) is 6.26 Å². The molecule has 6 heteroatoms. The van der Waals surface area contributed by atoms with Crippen LogP contribution in [0, 0.1) is 0 Å². The first kappa shape index (κ1) is 13.5. The highest BCUT2D eigenvalue weighted by atomic mass is 32.2. The van der Waals surface area contributed by atoms with Crippen LogP contribution in [0.25, 0.3) is 0 Å². The maximum Gasteiger partial charge on any atom is 0.232 e. The first-order chi connectivity index (χ1) is 7.91. The van der Waals surface area contributed by atoms with Gasteiger partial charge in [-0.15, -0.1) is 0 Å². The average Bonchev–Trinajstić information content (AvgIpc) is 2.23. The van der Waals surface area contributed by atoms with E-state index in [-0.39, 0.29) is 19.0 Å². The molecule has 0 bridgehead atoms. The van der Waals surface area contributed by atoms with E-state index in [9.17, 15) is 13.2 Å². The molecule has 0 heterocycles. The number of nitrogens with zero attached hydrogens (tertiary/aromatic N) is 1. The van der Waals surface area contributed by atoms with E-state index in [2.05, 4.69) is 5.32 Å². The van der Waals surface area contributed by atoms with Gasteiger partial charge in [-0.25, -0.2) is 8.42 Å². The molecule has 0 fully saturated rings. The first-order valence-corrected chi connectivity index (χ1v) is 7.03. The van der Waals surface area contributed by atoms with Gasteiger partial charge in [0.15, 0.2) is 0 Å². The molecule has 0 radical (unpaired) electrons. The van der Waals surface area contributed by atoms with Gasteiger partial charge in [-0.3, -0.25) is 9.10 Å². The minimum absolute atomic E-state index is 0.175. The van der Waals surface area contributed by atoms with E-state index in [4.69, 9.17) is 0 Å².